The van der Waals surface area contributed by atoms with Crippen LogP contribution in [0.5, 0.6) is 0 Å². The van der Waals surface area contributed by atoms with Gasteiger partial charge in [0.15, 0.2) is 0 Å². The van der Waals surface area contributed by atoms with Crippen molar-refractivity contribution in [3.8, 4) is 22.6 Å². The Labute approximate surface area is 179 Å². The minimum absolute atomic E-state index is 0.197. The number of imidazole rings is 1. The highest BCUT2D eigenvalue weighted by molar-refractivity contribution is 5.80. The first-order valence-electron chi connectivity index (χ1n) is 9.48. The number of pyridine rings is 2. The lowest BCUT2D eigenvalue weighted by Crippen LogP contribution is -2.07. The molecule has 10 heteroatoms. The largest absolute Gasteiger partial charge is 0.433 e. The summed E-state index contributed by atoms with van der Waals surface area (Å²) in [7, 11) is 0. The fraction of sp³-hybridized carbons (Fsp3) is 0.0455. The Kier molecular flexibility index (Phi) is 4.74. The molecule has 0 fully saturated rings. The van der Waals surface area contributed by atoms with Crippen LogP contribution in [0.2, 0.25) is 0 Å². The van der Waals surface area contributed by atoms with Gasteiger partial charge in [-0.05, 0) is 36.4 Å². The lowest BCUT2D eigenvalue weighted by Gasteiger charge is -2.08. The van der Waals surface area contributed by atoms with Crippen LogP contribution in [0, 0.1) is 0 Å². The highest BCUT2D eigenvalue weighted by Gasteiger charge is 2.32. The van der Waals surface area contributed by atoms with Crippen molar-refractivity contribution in [1.82, 2.24) is 29.9 Å². The minimum Gasteiger partial charge on any atom is -0.340 e. The zero-order valence-corrected chi connectivity index (χ0v) is 16.3. The Morgan fingerprint density at radius 1 is 0.875 bits per heavy atom. The van der Waals surface area contributed by atoms with Crippen molar-refractivity contribution >= 4 is 22.5 Å². The number of nitrogens with one attached hydrogen (secondary N) is 2. The predicted octanol–water partition coefficient (Wildman–Crippen LogP) is 5.24. The summed E-state index contributed by atoms with van der Waals surface area (Å²) in [6.07, 6.45) is 1.47. The van der Waals surface area contributed by atoms with Gasteiger partial charge in [0.25, 0.3) is 0 Å². The van der Waals surface area contributed by atoms with E-state index in [9.17, 15) is 13.2 Å². The molecule has 158 valence electrons. The van der Waals surface area contributed by atoms with Crippen molar-refractivity contribution in [3.63, 3.8) is 0 Å². The van der Waals surface area contributed by atoms with Gasteiger partial charge in [-0.2, -0.15) is 13.2 Å². The molecule has 5 rings (SSSR count). The van der Waals surface area contributed by atoms with Crippen LogP contribution >= 0.6 is 0 Å². The first-order chi connectivity index (χ1) is 15.5. The zero-order chi connectivity index (χ0) is 22.1. The normalized spacial score (nSPS) is 11.6. The molecular formula is C22H14F3N7. The summed E-state index contributed by atoms with van der Waals surface area (Å²) in [6.45, 7) is 0. The molecule has 0 amide bonds. The topological polar surface area (TPSA) is 92.3 Å². The molecule has 0 spiro atoms. The van der Waals surface area contributed by atoms with Crippen LogP contribution in [-0.2, 0) is 6.18 Å². The summed E-state index contributed by atoms with van der Waals surface area (Å²) in [4.78, 5) is 23.3. The number of fused-ring (bicyclic) bond motifs is 1. The van der Waals surface area contributed by atoms with E-state index in [4.69, 9.17) is 0 Å². The van der Waals surface area contributed by atoms with Crippen molar-refractivity contribution in [3.05, 3.63) is 79.1 Å². The number of alkyl halides is 3. The summed E-state index contributed by atoms with van der Waals surface area (Å²) in [5.41, 5.74) is 2.73. The number of hydrogen-bond acceptors (Lipinski definition) is 6. The van der Waals surface area contributed by atoms with Crippen molar-refractivity contribution in [2.45, 2.75) is 6.18 Å². The summed E-state index contributed by atoms with van der Waals surface area (Å²) in [5.74, 6) is 1.07. The Morgan fingerprint density at radius 2 is 1.78 bits per heavy atom. The van der Waals surface area contributed by atoms with E-state index in [2.05, 4.69) is 35.2 Å². The van der Waals surface area contributed by atoms with Gasteiger partial charge in [-0.1, -0.05) is 12.1 Å². The number of nitrogens with zero attached hydrogens (tertiary/aromatic N) is 5. The number of aromatic nitrogens is 6. The number of anilines is 2. The van der Waals surface area contributed by atoms with Crippen molar-refractivity contribution < 1.29 is 13.2 Å². The molecule has 0 unspecified atom stereocenters. The van der Waals surface area contributed by atoms with Gasteiger partial charge in [-0.15, -0.1) is 0 Å². The molecule has 0 atom stereocenters. The summed E-state index contributed by atoms with van der Waals surface area (Å²) >= 11 is 0. The first kappa shape index (κ1) is 19.6. The van der Waals surface area contributed by atoms with Gasteiger partial charge in [-0.3, -0.25) is 0 Å². The van der Waals surface area contributed by atoms with Gasteiger partial charge in [0.2, 0.25) is 0 Å². The van der Waals surface area contributed by atoms with E-state index < -0.39 is 11.9 Å². The van der Waals surface area contributed by atoms with Crippen LogP contribution in [0.4, 0.5) is 24.7 Å². The molecular weight excluding hydrogens is 419 g/mol. The Balaban J connectivity index is 1.39. The van der Waals surface area contributed by atoms with Gasteiger partial charge in [0.1, 0.15) is 23.7 Å². The zero-order valence-electron chi connectivity index (χ0n) is 16.3. The van der Waals surface area contributed by atoms with Crippen LogP contribution in [0.25, 0.3) is 33.7 Å². The molecule has 0 radical (unpaired) electrons. The minimum atomic E-state index is -4.52. The number of benzene rings is 1. The maximum Gasteiger partial charge on any atom is 0.433 e. The molecule has 2 N–H and O–H groups in total. The van der Waals surface area contributed by atoms with E-state index in [-0.39, 0.29) is 5.52 Å². The smallest absolute Gasteiger partial charge is 0.340 e. The molecule has 7 nitrogen and oxygen atoms in total. The number of hydrogen-bond donors (Lipinski definition) is 2. The molecule has 0 bridgehead atoms. The molecule has 0 aliphatic rings. The van der Waals surface area contributed by atoms with E-state index >= 15 is 0 Å². The Bertz CT molecular complexity index is 1380. The lowest BCUT2D eigenvalue weighted by atomic mass is 10.2. The predicted molar refractivity (Wildman–Crippen MR) is 113 cm³/mol. The standard InChI is InChI=1S/C22H14F3N7/c23-22(24,25)19-9-17-18(11-27-19)32-21(31-17)13-2-1-3-15(8-13)30-20-5-4-14(10-28-20)16-6-7-26-12-29-16/h1-12H,(H,28,30)(H,31,32). The fourth-order valence-corrected chi connectivity index (χ4v) is 3.17. The van der Waals surface area contributed by atoms with Crippen LogP contribution in [0.15, 0.2) is 73.4 Å². The third kappa shape index (κ3) is 3.97. The maximum atomic E-state index is 12.9. The van der Waals surface area contributed by atoms with Gasteiger partial charge in [-0.25, -0.2) is 24.9 Å². The average Bonchev–Trinajstić information content (AvgIpc) is 3.23. The molecule has 0 saturated heterocycles. The van der Waals surface area contributed by atoms with Crippen LogP contribution in [0.1, 0.15) is 5.69 Å². The third-order valence-corrected chi connectivity index (χ3v) is 4.71. The quantitative estimate of drug-likeness (QED) is 0.403. The molecule has 1 aromatic carbocycles. The van der Waals surface area contributed by atoms with Gasteiger partial charge < -0.3 is 10.3 Å². The molecule has 5 aromatic rings. The number of rotatable bonds is 4. The second-order valence-electron chi connectivity index (χ2n) is 6.90. The van der Waals surface area contributed by atoms with Crippen LogP contribution < -0.4 is 5.32 Å². The molecule has 0 aliphatic carbocycles. The monoisotopic (exact) mass is 433 g/mol. The number of halogens is 3. The Hall–Kier alpha value is -4.34. The van der Waals surface area contributed by atoms with Gasteiger partial charge in [0, 0.05) is 29.2 Å². The van der Waals surface area contributed by atoms with E-state index in [1.165, 1.54) is 6.33 Å². The van der Waals surface area contributed by atoms with Crippen LogP contribution in [-0.4, -0.2) is 29.9 Å². The molecule has 4 heterocycles. The number of H-pyrrole nitrogens is 1. The highest BCUT2D eigenvalue weighted by Crippen LogP contribution is 2.30. The van der Waals surface area contributed by atoms with E-state index in [0.717, 1.165) is 29.2 Å². The summed E-state index contributed by atoms with van der Waals surface area (Å²) < 4.78 is 38.7. The second kappa shape index (κ2) is 7.73. The van der Waals surface area contributed by atoms with E-state index in [1.807, 2.05) is 36.4 Å². The highest BCUT2D eigenvalue weighted by atomic mass is 19.4. The van der Waals surface area contributed by atoms with Crippen LogP contribution in [0.3, 0.4) is 0 Å². The Morgan fingerprint density at radius 3 is 2.53 bits per heavy atom. The molecule has 0 saturated carbocycles. The van der Waals surface area contributed by atoms with Crippen molar-refractivity contribution in [1.29, 1.82) is 0 Å². The van der Waals surface area contributed by atoms with Gasteiger partial charge in [0.05, 0.1) is 22.9 Å². The lowest BCUT2D eigenvalue weighted by molar-refractivity contribution is -0.141. The fourth-order valence-electron chi connectivity index (χ4n) is 3.17. The van der Waals surface area contributed by atoms with E-state index in [0.29, 0.717) is 22.7 Å². The summed E-state index contributed by atoms with van der Waals surface area (Å²) in [6, 6.07) is 13.8. The average molecular weight is 433 g/mol. The summed E-state index contributed by atoms with van der Waals surface area (Å²) in [5, 5.41) is 3.21. The van der Waals surface area contributed by atoms with Crippen molar-refractivity contribution in [2.75, 3.05) is 5.32 Å². The van der Waals surface area contributed by atoms with Gasteiger partial charge >= 0.3 is 6.18 Å². The molecule has 32 heavy (non-hydrogen) atoms. The number of aromatic amines is 1. The molecule has 4 aromatic heterocycles. The second-order valence-corrected chi connectivity index (χ2v) is 6.90. The molecule has 0 aliphatic heterocycles. The maximum absolute atomic E-state index is 12.9. The first-order valence-corrected chi connectivity index (χ1v) is 9.48. The SMILES string of the molecule is FC(F)(F)c1cc2nc(-c3cccc(Nc4ccc(-c5ccncn5)cn4)c3)[nH]c2cn1. The van der Waals surface area contributed by atoms with Crippen molar-refractivity contribution in [2.24, 2.45) is 0 Å². The van der Waals surface area contributed by atoms with E-state index in [1.54, 1.807) is 18.5 Å². The third-order valence-electron chi connectivity index (χ3n) is 4.71.